The van der Waals surface area contributed by atoms with Crippen molar-refractivity contribution in [3.8, 4) is 0 Å². The highest BCUT2D eigenvalue weighted by atomic mass is 15.2. The first-order valence-electron chi connectivity index (χ1n) is 7.05. The van der Waals surface area contributed by atoms with Gasteiger partial charge in [-0.1, -0.05) is 6.42 Å². The van der Waals surface area contributed by atoms with Gasteiger partial charge in [0.25, 0.3) is 0 Å². The van der Waals surface area contributed by atoms with Gasteiger partial charge in [0.1, 0.15) is 0 Å². The molecule has 0 bridgehead atoms. The van der Waals surface area contributed by atoms with Crippen LogP contribution in [0.25, 0.3) is 0 Å². The number of nitrogens with two attached hydrogens (primary N) is 1. The fraction of sp³-hybridized carbons (Fsp3) is 0.923. The largest absolute Gasteiger partial charge is 0.388 e. The third-order valence-corrected chi connectivity index (χ3v) is 4.16. The third-order valence-electron chi connectivity index (χ3n) is 4.16. The maximum absolute atomic E-state index is 7.26. The molecule has 0 atom stereocenters. The van der Waals surface area contributed by atoms with Gasteiger partial charge < -0.3 is 15.5 Å². The van der Waals surface area contributed by atoms with Crippen molar-refractivity contribution in [2.24, 2.45) is 5.73 Å². The molecule has 3 N–H and O–H groups in total. The first-order chi connectivity index (χ1) is 8.25. The second-order valence-corrected chi connectivity index (χ2v) is 5.44. The zero-order valence-corrected chi connectivity index (χ0v) is 10.8. The normalized spacial score (nSPS) is 24.9. The highest BCUT2D eigenvalue weighted by Gasteiger charge is 2.25. The van der Waals surface area contributed by atoms with E-state index in [9.17, 15) is 0 Å². The predicted octanol–water partition coefficient (Wildman–Crippen LogP) is 1.26. The Labute approximate surface area is 105 Å². The minimum absolute atomic E-state index is 0.322. The quantitative estimate of drug-likeness (QED) is 0.573. The van der Waals surface area contributed by atoms with E-state index < -0.39 is 0 Å². The van der Waals surface area contributed by atoms with Crippen molar-refractivity contribution in [1.29, 1.82) is 5.41 Å². The monoisotopic (exact) mass is 238 g/mol. The second-order valence-electron chi connectivity index (χ2n) is 5.44. The fourth-order valence-electron chi connectivity index (χ4n) is 3.07. The Kier molecular flexibility index (Phi) is 4.80. The first kappa shape index (κ1) is 12.8. The molecule has 0 aromatic rings. The third kappa shape index (κ3) is 3.96. The number of hydrogen-bond acceptors (Lipinski definition) is 3. The predicted molar refractivity (Wildman–Crippen MR) is 71.4 cm³/mol. The average Bonchev–Trinajstić information content (AvgIpc) is 2.38. The van der Waals surface area contributed by atoms with Crippen LogP contribution in [0.2, 0.25) is 0 Å². The average molecular weight is 238 g/mol. The SMILES string of the molecule is N=C(N)CCN1CCC(N2CCCCC2)CC1. The lowest BCUT2D eigenvalue weighted by Gasteiger charge is -2.40. The van der Waals surface area contributed by atoms with Crippen molar-refractivity contribution in [2.45, 2.75) is 44.6 Å². The summed E-state index contributed by atoms with van der Waals surface area (Å²) in [6, 6.07) is 0.823. The van der Waals surface area contributed by atoms with Crippen molar-refractivity contribution in [1.82, 2.24) is 9.80 Å². The van der Waals surface area contributed by atoms with Crippen LogP contribution in [0.5, 0.6) is 0 Å². The van der Waals surface area contributed by atoms with Gasteiger partial charge in [0.05, 0.1) is 5.84 Å². The summed E-state index contributed by atoms with van der Waals surface area (Å²) in [6.07, 6.45) is 7.55. The first-order valence-corrected chi connectivity index (χ1v) is 7.05. The molecule has 98 valence electrons. The van der Waals surface area contributed by atoms with Crippen molar-refractivity contribution < 1.29 is 0 Å². The standard InChI is InChI=1S/C13H26N4/c14-13(15)6-11-16-9-4-12(5-10-16)17-7-2-1-3-8-17/h12H,1-11H2,(H3,14,15). The maximum Gasteiger partial charge on any atom is 0.0918 e. The van der Waals surface area contributed by atoms with Crippen LogP contribution >= 0.6 is 0 Å². The van der Waals surface area contributed by atoms with E-state index in [0.717, 1.165) is 19.0 Å². The number of hydrogen-bond donors (Lipinski definition) is 2. The molecule has 2 rings (SSSR count). The summed E-state index contributed by atoms with van der Waals surface area (Å²) in [5.41, 5.74) is 5.40. The summed E-state index contributed by atoms with van der Waals surface area (Å²) >= 11 is 0. The van der Waals surface area contributed by atoms with E-state index in [1.807, 2.05) is 0 Å². The molecule has 4 nitrogen and oxygen atoms in total. The Morgan fingerprint density at radius 3 is 2.29 bits per heavy atom. The summed E-state index contributed by atoms with van der Waals surface area (Å²) in [7, 11) is 0. The Hall–Kier alpha value is -0.610. The van der Waals surface area contributed by atoms with Crippen LogP contribution in [0.1, 0.15) is 38.5 Å². The number of nitrogens with one attached hydrogen (secondary N) is 1. The summed E-state index contributed by atoms with van der Waals surface area (Å²) in [6.45, 7) is 5.99. The molecule has 2 fully saturated rings. The molecule has 17 heavy (non-hydrogen) atoms. The zero-order chi connectivity index (χ0) is 12.1. The van der Waals surface area contributed by atoms with Crippen LogP contribution in [0.4, 0.5) is 0 Å². The van der Waals surface area contributed by atoms with Gasteiger partial charge >= 0.3 is 0 Å². The summed E-state index contributed by atoms with van der Waals surface area (Å²) in [4.78, 5) is 5.16. The minimum atomic E-state index is 0.322. The molecule has 0 aliphatic carbocycles. The summed E-state index contributed by atoms with van der Waals surface area (Å²) in [5, 5.41) is 7.26. The van der Waals surface area contributed by atoms with Crippen LogP contribution in [-0.2, 0) is 0 Å². The van der Waals surface area contributed by atoms with Crippen molar-refractivity contribution in [3.05, 3.63) is 0 Å². The fourth-order valence-corrected chi connectivity index (χ4v) is 3.07. The van der Waals surface area contributed by atoms with Gasteiger partial charge in [-0.3, -0.25) is 5.41 Å². The van der Waals surface area contributed by atoms with Crippen LogP contribution in [0.3, 0.4) is 0 Å². The smallest absolute Gasteiger partial charge is 0.0918 e. The lowest BCUT2D eigenvalue weighted by Crippen LogP contribution is -2.47. The molecule has 0 unspecified atom stereocenters. The number of amidine groups is 1. The molecule has 0 amide bonds. The van der Waals surface area contributed by atoms with E-state index in [4.69, 9.17) is 11.1 Å². The lowest BCUT2D eigenvalue weighted by atomic mass is 10.00. The molecule has 0 aromatic carbocycles. The lowest BCUT2D eigenvalue weighted by molar-refractivity contribution is 0.0938. The van der Waals surface area contributed by atoms with Crippen LogP contribution in [0, 0.1) is 5.41 Å². The molecule has 4 heteroatoms. The van der Waals surface area contributed by atoms with Crippen molar-refractivity contribution in [3.63, 3.8) is 0 Å². The Morgan fingerprint density at radius 1 is 1.06 bits per heavy atom. The second kappa shape index (κ2) is 6.36. The highest BCUT2D eigenvalue weighted by molar-refractivity contribution is 5.76. The van der Waals surface area contributed by atoms with E-state index in [0.29, 0.717) is 5.84 Å². The molecule has 0 radical (unpaired) electrons. The molecule has 2 saturated heterocycles. The van der Waals surface area contributed by atoms with Gasteiger partial charge in [0.15, 0.2) is 0 Å². The van der Waals surface area contributed by atoms with E-state index in [1.165, 1.54) is 58.3 Å². The summed E-state index contributed by atoms with van der Waals surface area (Å²) < 4.78 is 0. The van der Waals surface area contributed by atoms with Gasteiger partial charge in [-0.2, -0.15) is 0 Å². The Balaban J connectivity index is 1.68. The molecule has 2 heterocycles. The number of likely N-dealkylation sites (tertiary alicyclic amines) is 2. The van der Waals surface area contributed by atoms with E-state index in [1.54, 1.807) is 0 Å². The van der Waals surface area contributed by atoms with Gasteiger partial charge in [-0.05, 0) is 51.9 Å². The molecule has 0 spiro atoms. The van der Waals surface area contributed by atoms with Gasteiger partial charge in [0, 0.05) is 19.0 Å². The van der Waals surface area contributed by atoms with Crippen molar-refractivity contribution >= 4 is 5.84 Å². The Bertz CT molecular complexity index is 240. The summed E-state index contributed by atoms with van der Waals surface area (Å²) in [5.74, 6) is 0.322. The number of rotatable bonds is 4. The van der Waals surface area contributed by atoms with E-state index in [-0.39, 0.29) is 0 Å². The van der Waals surface area contributed by atoms with E-state index in [2.05, 4.69) is 9.80 Å². The van der Waals surface area contributed by atoms with Gasteiger partial charge in [-0.15, -0.1) is 0 Å². The van der Waals surface area contributed by atoms with Crippen LogP contribution < -0.4 is 5.73 Å². The van der Waals surface area contributed by atoms with Gasteiger partial charge in [-0.25, -0.2) is 0 Å². The highest BCUT2D eigenvalue weighted by Crippen LogP contribution is 2.20. The van der Waals surface area contributed by atoms with Crippen LogP contribution in [-0.4, -0.2) is 54.4 Å². The van der Waals surface area contributed by atoms with Crippen LogP contribution in [0.15, 0.2) is 0 Å². The van der Waals surface area contributed by atoms with Crippen molar-refractivity contribution in [2.75, 3.05) is 32.7 Å². The maximum atomic E-state index is 7.26. The zero-order valence-electron chi connectivity index (χ0n) is 10.8. The Morgan fingerprint density at radius 2 is 1.71 bits per heavy atom. The molecular formula is C13H26N4. The number of piperidine rings is 2. The van der Waals surface area contributed by atoms with Gasteiger partial charge in [0.2, 0.25) is 0 Å². The van der Waals surface area contributed by atoms with E-state index >= 15 is 0 Å². The molecule has 0 saturated carbocycles. The molecular weight excluding hydrogens is 212 g/mol. The molecule has 2 aliphatic rings. The molecule has 0 aromatic heterocycles. The molecule has 2 aliphatic heterocycles. The topological polar surface area (TPSA) is 56.4 Å². The minimum Gasteiger partial charge on any atom is -0.388 e. The number of nitrogens with zero attached hydrogens (tertiary/aromatic N) is 2.